The minimum absolute atomic E-state index is 0.239. The Morgan fingerprint density at radius 2 is 2.33 bits per heavy atom. The van der Waals surface area contributed by atoms with Crippen molar-refractivity contribution in [2.45, 2.75) is 0 Å². The summed E-state index contributed by atoms with van der Waals surface area (Å²) in [5.74, 6) is 0.381. The molecule has 6 nitrogen and oxygen atoms in total. The molecule has 2 rings (SSSR count). The molecule has 15 heavy (non-hydrogen) atoms. The molecule has 2 heterocycles. The maximum atomic E-state index is 11.6. The molecule has 2 aromatic heterocycles. The van der Waals surface area contributed by atoms with Crippen LogP contribution in [0.2, 0.25) is 0 Å². The summed E-state index contributed by atoms with van der Waals surface area (Å²) in [6.07, 6.45) is 2.96. The number of nitrogen functional groups attached to an aromatic ring is 1. The van der Waals surface area contributed by atoms with Gasteiger partial charge in [-0.3, -0.25) is 9.89 Å². The molecule has 2 aromatic rings. The second kappa shape index (κ2) is 3.79. The molecular weight excluding hydrogens is 194 g/mol. The van der Waals surface area contributed by atoms with E-state index in [0.29, 0.717) is 11.4 Å². The van der Waals surface area contributed by atoms with Gasteiger partial charge in [-0.2, -0.15) is 5.10 Å². The summed E-state index contributed by atoms with van der Waals surface area (Å²) in [4.78, 5) is 15.6. The van der Waals surface area contributed by atoms with Gasteiger partial charge >= 0.3 is 0 Å². The minimum Gasteiger partial charge on any atom is -0.383 e. The summed E-state index contributed by atoms with van der Waals surface area (Å²) in [7, 11) is 0. The highest BCUT2D eigenvalue weighted by Gasteiger charge is 2.11. The van der Waals surface area contributed by atoms with Gasteiger partial charge in [-0.1, -0.05) is 6.07 Å². The quantitative estimate of drug-likeness (QED) is 0.667. The van der Waals surface area contributed by atoms with Crippen molar-refractivity contribution in [2.24, 2.45) is 0 Å². The summed E-state index contributed by atoms with van der Waals surface area (Å²) in [5.41, 5.74) is 5.80. The molecule has 0 aromatic carbocycles. The third-order valence-electron chi connectivity index (χ3n) is 1.82. The molecule has 0 unspecified atom stereocenters. The number of nitrogens with two attached hydrogens (primary N) is 1. The SMILES string of the molecule is Nc1[nH]ncc1C(=O)Nc1ccccn1. The standard InChI is InChI=1S/C9H9N5O/c10-8-6(5-12-14-8)9(15)13-7-3-1-2-4-11-7/h1-5H,(H3,10,12,14)(H,11,13,15). The van der Waals surface area contributed by atoms with Crippen molar-refractivity contribution >= 4 is 17.5 Å². The van der Waals surface area contributed by atoms with E-state index in [-0.39, 0.29) is 11.7 Å². The second-order valence-electron chi connectivity index (χ2n) is 2.87. The number of rotatable bonds is 2. The topological polar surface area (TPSA) is 96.7 Å². The highest BCUT2D eigenvalue weighted by Crippen LogP contribution is 2.09. The van der Waals surface area contributed by atoms with Gasteiger partial charge in [0.1, 0.15) is 17.2 Å². The lowest BCUT2D eigenvalue weighted by molar-refractivity contribution is 0.102. The van der Waals surface area contributed by atoms with Crippen LogP contribution in [0.1, 0.15) is 10.4 Å². The average Bonchev–Trinajstić information content (AvgIpc) is 2.66. The summed E-state index contributed by atoms with van der Waals surface area (Å²) in [5, 5.41) is 8.73. The summed E-state index contributed by atoms with van der Waals surface area (Å²) in [6, 6.07) is 5.23. The molecular formula is C9H9N5O. The van der Waals surface area contributed by atoms with Crippen LogP contribution in [0.4, 0.5) is 11.6 Å². The molecule has 1 amide bonds. The van der Waals surface area contributed by atoms with Crippen LogP contribution in [0.5, 0.6) is 0 Å². The lowest BCUT2D eigenvalue weighted by atomic mass is 10.3. The zero-order valence-corrected chi connectivity index (χ0v) is 7.77. The van der Waals surface area contributed by atoms with Gasteiger partial charge in [0, 0.05) is 6.20 Å². The lowest BCUT2D eigenvalue weighted by Crippen LogP contribution is -2.13. The highest BCUT2D eigenvalue weighted by atomic mass is 16.1. The van der Waals surface area contributed by atoms with Gasteiger partial charge in [0.05, 0.1) is 6.20 Å². The van der Waals surface area contributed by atoms with E-state index in [1.165, 1.54) is 6.20 Å². The van der Waals surface area contributed by atoms with Crippen LogP contribution in [0.3, 0.4) is 0 Å². The van der Waals surface area contributed by atoms with Gasteiger partial charge in [0.2, 0.25) is 0 Å². The Morgan fingerprint density at radius 1 is 1.47 bits per heavy atom. The van der Waals surface area contributed by atoms with Gasteiger partial charge in [-0.15, -0.1) is 0 Å². The summed E-state index contributed by atoms with van der Waals surface area (Å²) >= 11 is 0. The Labute approximate surface area is 85.5 Å². The molecule has 0 aliphatic rings. The maximum Gasteiger partial charge on any atom is 0.262 e. The van der Waals surface area contributed by atoms with Crippen LogP contribution in [-0.4, -0.2) is 21.1 Å². The number of amides is 1. The average molecular weight is 203 g/mol. The van der Waals surface area contributed by atoms with Crippen molar-refractivity contribution in [3.63, 3.8) is 0 Å². The molecule has 4 N–H and O–H groups in total. The highest BCUT2D eigenvalue weighted by molar-refractivity contribution is 6.06. The van der Waals surface area contributed by atoms with E-state index in [9.17, 15) is 4.79 Å². The fraction of sp³-hybridized carbons (Fsp3) is 0. The first-order chi connectivity index (χ1) is 7.27. The number of nitrogens with zero attached hydrogens (tertiary/aromatic N) is 2. The van der Waals surface area contributed by atoms with Crippen molar-refractivity contribution in [1.29, 1.82) is 0 Å². The second-order valence-corrected chi connectivity index (χ2v) is 2.87. The molecule has 76 valence electrons. The van der Waals surface area contributed by atoms with Crippen LogP contribution in [0.25, 0.3) is 0 Å². The zero-order valence-electron chi connectivity index (χ0n) is 7.77. The number of aromatic nitrogens is 3. The monoisotopic (exact) mass is 203 g/mol. The first-order valence-electron chi connectivity index (χ1n) is 4.28. The van der Waals surface area contributed by atoms with Gasteiger partial charge < -0.3 is 11.1 Å². The van der Waals surface area contributed by atoms with Crippen molar-refractivity contribution in [2.75, 3.05) is 11.1 Å². The van der Waals surface area contributed by atoms with E-state index >= 15 is 0 Å². The molecule has 0 fully saturated rings. The first kappa shape index (κ1) is 9.20. The van der Waals surface area contributed by atoms with Gasteiger partial charge in [0.15, 0.2) is 0 Å². The number of pyridine rings is 1. The molecule has 0 spiro atoms. The molecule has 6 heteroatoms. The number of nitrogens with one attached hydrogen (secondary N) is 2. The van der Waals surface area contributed by atoms with Crippen molar-refractivity contribution in [1.82, 2.24) is 15.2 Å². The van der Waals surface area contributed by atoms with Crippen LogP contribution in [-0.2, 0) is 0 Å². The van der Waals surface area contributed by atoms with E-state index in [2.05, 4.69) is 20.5 Å². The predicted molar refractivity (Wildman–Crippen MR) is 55.2 cm³/mol. The van der Waals surface area contributed by atoms with E-state index in [1.54, 1.807) is 24.4 Å². The van der Waals surface area contributed by atoms with E-state index in [1.807, 2.05) is 0 Å². The summed E-state index contributed by atoms with van der Waals surface area (Å²) < 4.78 is 0. The van der Waals surface area contributed by atoms with Crippen LogP contribution < -0.4 is 11.1 Å². The van der Waals surface area contributed by atoms with E-state index < -0.39 is 0 Å². The maximum absolute atomic E-state index is 11.6. The lowest BCUT2D eigenvalue weighted by Gasteiger charge is -2.01. The Bertz CT molecular complexity index is 464. The number of carbonyl (C=O) groups is 1. The zero-order chi connectivity index (χ0) is 10.7. The van der Waals surface area contributed by atoms with Crippen LogP contribution >= 0.6 is 0 Å². The van der Waals surface area contributed by atoms with Crippen molar-refractivity contribution in [3.05, 3.63) is 36.2 Å². The third kappa shape index (κ3) is 1.93. The normalized spacial score (nSPS) is 9.87. The predicted octanol–water partition coefficient (Wildman–Crippen LogP) is 0.639. The number of anilines is 2. The largest absolute Gasteiger partial charge is 0.383 e. The van der Waals surface area contributed by atoms with Crippen molar-refractivity contribution in [3.8, 4) is 0 Å². The smallest absolute Gasteiger partial charge is 0.262 e. The molecule has 0 radical (unpaired) electrons. The van der Waals surface area contributed by atoms with Gasteiger partial charge in [-0.25, -0.2) is 4.98 Å². The number of hydrogen-bond acceptors (Lipinski definition) is 4. The Morgan fingerprint density at radius 3 is 2.93 bits per heavy atom. The number of aromatic amines is 1. The molecule has 0 aliphatic carbocycles. The summed E-state index contributed by atoms with van der Waals surface area (Å²) in [6.45, 7) is 0. The molecule has 0 atom stereocenters. The number of H-pyrrole nitrogens is 1. The Kier molecular flexibility index (Phi) is 2.32. The van der Waals surface area contributed by atoms with Crippen LogP contribution in [0, 0.1) is 0 Å². The minimum atomic E-state index is -0.333. The van der Waals surface area contributed by atoms with Gasteiger partial charge in [-0.05, 0) is 12.1 Å². The molecule has 0 aliphatic heterocycles. The van der Waals surface area contributed by atoms with Crippen molar-refractivity contribution < 1.29 is 4.79 Å². The number of hydrogen-bond donors (Lipinski definition) is 3. The third-order valence-corrected chi connectivity index (χ3v) is 1.82. The Hall–Kier alpha value is -2.37. The molecule has 0 saturated carbocycles. The Balaban J connectivity index is 2.15. The van der Waals surface area contributed by atoms with E-state index in [4.69, 9.17) is 5.73 Å². The van der Waals surface area contributed by atoms with Gasteiger partial charge in [0.25, 0.3) is 5.91 Å². The van der Waals surface area contributed by atoms with E-state index in [0.717, 1.165) is 0 Å². The first-order valence-corrected chi connectivity index (χ1v) is 4.28. The van der Waals surface area contributed by atoms with Crippen LogP contribution in [0.15, 0.2) is 30.6 Å². The fourth-order valence-corrected chi connectivity index (χ4v) is 1.10. The number of carbonyl (C=O) groups excluding carboxylic acids is 1. The fourth-order valence-electron chi connectivity index (χ4n) is 1.10. The molecule has 0 saturated heterocycles. The molecule has 0 bridgehead atoms.